The van der Waals surface area contributed by atoms with E-state index >= 15 is 0 Å². The predicted octanol–water partition coefficient (Wildman–Crippen LogP) is 1.81. The number of benzene rings is 1. The van der Waals surface area contributed by atoms with Gasteiger partial charge in [-0.1, -0.05) is 13.8 Å². The maximum absolute atomic E-state index is 9.33. The van der Waals surface area contributed by atoms with E-state index in [4.69, 9.17) is 0 Å². The molecule has 0 aliphatic carbocycles. The van der Waals surface area contributed by atoms with Crippen LogP contribution in [0, 0.1) is 0 Å². The number of aromatic nitrogens is 2. The number of aromatic amines is 1. The van der Waals surface area contributed by atoms with Crippen LogP contribution in [0.4, 0.5) is 0 Å². The van der Waals surface area contributed by atoms with E-state index in [1.165, 1.54) is 0 Å². The number of nitrogens with zero attached hydrogens (tertiary/aromatic N) is 1. The Balaban J connectivity index is 2.08. The molecule has 0 saturated carbocycles. The molecule has 0 atom stereocenters. The van der Waals surface area contributed by atoms with Crippen molar-refractivity contribution in [2.45, 2.75) is 26.3 Å². The first-order valence-corrected chi connectivity index (χ1v) is 5.56. The molecule has 16 heavy (non-hydrogen) atoms. The van der Waals surface area contributed by atoms with Gasteiger partial charge in [-0.2, -0.15) is 0 Å². The van der Waals surface area contributed by atoms with Gasteiger partial charge in [-0.25, -0.2) is 4.98 Å². The van der Waals surface area contributed by atoms with E-state index in [-0.39, 0.29) is 5.75 Å². The summed E-state index contributed by atoms with van der Waals surface area (Å²) >= 11 is 0. The highest BCUT2D eigenvalue weighted by Gasteiger charge is 2.03. The molecular weight excluding hydrogens is 202 g/mol. The Morgan fingerprint density at radius 2 is 2.25 bits per heavy atom. The Kier molecular flexibility index (Phi) is 3.10. The van der Waals surface area contributed by atoms with Crippen molar-refractivity contribution < 1.29 is 5.11 Å². The fourth-order valence-corrected chi connectivity index (χ4v) is 1.65. The zero-order valence-electron chi connectivity index (χ0n) is 9.62. The summed E-state index contributed by atoms with van der Waals surface area (Å²) in [4.78, 5) is 7.64. The number of imidazole rings is 1. The molecule has 0 amide bonds. The number of phenolic OH excluding ortho intramolecular Hbond substituents is 1. The highest BCUT2D eigenvalue weighted by Crippen LogP contribution is 2.17. The molecule has 0 aliphatic rings. The van der Waals surface area contributed by atoms with Crippen LogP contribution in [0.5, 0.6) is 5.75 Å². The van der Waals surface area contributed by atoms with Gasteiger partial charge in [-0.3, -0.25) is 0 Å². The fourth-order valence-electron chi connectivity index (χ4n) is 1.65. The van der Waals surface area contributed by atoms with Gasteiger partial charge in [0.1, 0.15) is 11.6 Å². The van der Waals surface area contributed by atoms with Crippen molar-refractivity contribution in [3.05, 3.63) is 24.0 Å². The first kappa shape index (κ1) is 11.0. The van der Waals surface area contributed by atoms with Crippen molar-refractivity contribution in [1.82, 2.24) is 15.3 Å². The summed E-state index contributed by atoms with van der Waals surface area (Å²) < 4.78 is 0. The summed E-state index contributed by atoms with van der Waals surface area (Å²) in [6.45, 7) is 5.15. The number of rotatable bonds is 4. The van der Waals surface area contributed by atoms with Crippen molar-refractivity contribution in [2.75, 3.05) is 6.54 Å². The molecule has 0 bridgehead atoms. The minimum absolute atomic E-state index is 0.267. The third-order valence-corrected chi connectivity index (χ3v) is 2.43. The molecule has 0 fully saturated rings. The van der Waals surface area contributed by atoms with Crippen LogP contribution in [0.25, 0.3) is 11.0 Å². The maximum Gasteiger partial charge on any atom is 0.117 e. The lowest BCUT2D eigenvalue weighted by Gasteiger charge is -2.05. The highest BCUT2D eigenvalue weighted by atomic mass is 16.3. The number of H-pyrrole nitrogens is 1. The molecule has 2 rings (SSSR count). The summed E-state index contributed by atoms with van der Waals surface area (Å²) in [5.41, 5.74) is 1.79. The minimum Gasteiger partial charge on any atom is -0.508 e. The third-order valence-electron chi connectivity index (χ3n) is 2.43. The zero-order chi connectivity index (χ0) is 11.5. The van der Waals surface area contributed by atoms with Crippen LogP contribution in [0.1, 0.15) is 19.7 Å². The normalized spacial score (nSPS) is 11.4. The van der Waals surface area contributed by atoms with Crippen LogP contribution in [0.3, 0.4) is 0 Å². The van der Waals surface area contributed by atoms with Crippen LogP contribution in [-0.2, 0) is 6.42 Å². The first-order valence-electron chi connectivity index (χ1n) is 5.56. The summed E-state index contributed by atoms with van der Waals surface area (Å²) in [6.07, 6.45) is 0.869. The summed E-state index contributed by atoms with van der Waals surface area (Å²) in [5.74, 6) is 1.22. The lowest BCUT2D eigenvalue weighted by molar-refractivity contribution is 0.476. The van der Waals surface area contributed by atoms with Crippen LogP contribution in [-0.4, -0.2) is 27.7 Å². The predicted molar refractivity (Wildman–Crippen MR) is 64.6 cm³/mol. The van der Waals surface area contributed by atoms with E-state index in [9.17, 15) is 5.11 Å². The Morgan fingerprint density at radius 1 is 1.44 bits per heavy atom. The number of phenols is 1. The molecule has 0 radical (unpaired) electrons. The van der Waals surface area contributed by atoms with Crippen molar-refractivity contribution in [2.24, 2.45) is 0 Å². The van der Waals surface area contributed by atoms with Crippen LogP contribution >= 0.6 is 0 Å². The van der Waals surface area contributed by atoms with Crippen LogP contribution in [0.2, 0.25) is 0 Å². The second kappa shape index (κ2) is 4.53. The zero-order valence-corrected chi connectivity index (χ0v) is 9.62. The molecule has 1 aromatic heterocycles. The quantitative estimate of drug-likeness (QED) is 0.735. The molecule has 4 nitrogen and oxygen atoms in total. The number of fused-ring (bicyclic) bond motifs is 1. The van der Waals surface area contributed by atoms with Gasteiger partial charge in [0.15, 0.2) is 0 Å². The lowest BCUT2D eigenvalue weighted by Crippen LogP contribution is -2.25. The van der Waals surface area contributed by atoms with Gasteiger partial charge in [0.2, 0.25) is 0 Å². The topological polar surface area (TPSA) is 60.9 Å². The van der Waals surface area contributed by atoms with Gasteiger partial charge in [0, 0.05) is 25.1 Å². The fraction of sp³-hybridized carbons (Fsp3) is 0.417. The minimum atomic E-state index is 0.267. The number of hydrogen-bond acceptors (Lipinski definition) is 3. The molecule has 0 saturated heterocycles. The second-order valence-electron chi connectivity index (χ2n) is 4.24. The molecule has 0 aliphatic heterocycles. The Morgan fingerprint density at radius 3 is 3.00 bits per heavy atom. The van der Waals surface area contributed by atoms with Gasteiger partial charge >= 0.3 is 0 Å². The SMILES string of the molecule is CC(C)NCCc1nc2ccc(O)cc2[nH]1. The summed E-state index contributed by atoms with van der Waals surface area (Å²) in [6, 6.07) is 5.66. The lowest BCUT2D eigenvalue weighted by atomic mass is 10.3. The van der Waals surface area contributed by atoms with Crippen molar-refractivity contribution in [3.8, 4) is 5.75 Å². The average Bonchev–Trinajstić information content (AvgIpc) is 2.58. The molecule has 0 unspecified atom stereocenters. The molecule has 3 N–H and O–H groups in total. The monoisotopic (exact) mass is 219 g/mol. The second-order valence-corrected chi connectivity index (χ2v) is 4.24. The van der Waals surface area contributed by atoms with E-state index in [2.05, 4.69) is 29.1 Å². The molecule has 0 spiro atoms. The van der Waals surface area contributed by atoms with Crippen molar-refractivity contribution >= 4 is 11.0 Å². The number of aromatic hydroxyl groups is 1. The Hall–Kier alpha value is -1.55. The first-order chi connectivity index (χ1) is 7.65. The van der Waals surface area contributed by atoms with Crippen LogP contribution in [0.15, 0.2) is 18.2 Å². The number of nitrogens with one attached hydrogen (secondary N) is 2. The van der Waals surface area contributed by atoms with E-state index in [1.807, 2.05) is 6.07 Å². The van der Waals surface area contributed by atoms with E-state index in [0.29, 0.717) is 6.04 Å². The molecule has 4 heteroatoms. The van der Waals surface area contributed by atoms with Crippen molar-refractivity contribution in [3.63, 3.8) is 0 Å². The molecular formula is C12H17N3O. The van der Waals surface area contributed by atoms with E-state index in [1.54, 1.807) is 12.1 Å². The maximum atomic E-state index is 9.33. The third kappa shape index (κ3) is 2.52. The Bertz CT molecular complexity index is 476. The van der Waals surface area contributed by atoms with Gasteiger partial charge in [-0.05, 0) is 12.1 Å². The summed E-state index contributed by atoms with van der Waals surface area (Å²) in [7, 11) is 0. The standard InChI is InChI=1S/C12H17N3O/c1-8(2)13-6-5-12-14-10-4-3-9(16)7-11(10)15-12/h3-4,7-8,13,16H,5-6H2,1-2H3,(H,14,15). The smallest absolute Gasteiger partial charge is 0.117 e. The van der Waals surface area contributed by atoms with Gasteiger partial charge < -0.3 is 15.4 Å². The Labute approximate surface area is 94.7 Å². The molecule has 1 aromatic carbocycles. The van der Waals surface area contributed by atoms with Gasteiger partial charge in [0.25, 0.3) is 0 Å². The van der Waals surface area contributed by atoms with Gasteiger partial charge in [0.05, 0.1) is 11.0 Å². The molecule has 2 aromatic rings. The number of hydrogen-bond donors (Lipinski definition) is 3. The van der Waals surface area contributed by atoms with E-state index < -0.39 is 0 Å². The molecule has 86 valence electrons. The largest absolute Gasteiger partial charge is 0.508 e. The average molecular weight is 219 g/mol. The summed E-state index contributed by atoms with van der Waals surface area (Å²) in [5, 5.41) is 12.7. The molecule has 1 heterocycles. The van der Waals surface area contributed by atoms with E-state index in [0.717, 1.165) is 29.8 Å². The van der Waals surface area contributed by atoms with Crippen molar-refractivity contribution in [1.29, 1.82) is 0 Å². The van der Waals surface area contributed by atoms with Gasteiger partial charge in [-0.15, -0.1) is 0 Å². The van der Waals surface area contributed by atoms with Crippen LogP contribution < -0.4 is 5.32 Å². The highest BCUT2D eigenvalue weighted by molar-refractivity contribution is 5.76.